The molecule has 0 amide bonds. The highest BCUT2D eigenvalue weighted by Crippen LogP contribution is 2.20. The molecule has 100 valence electrons. The standard InChI is InChI=1S/C15H17N3.HI/c1-11(18-15-16-8-9-17-15)13-7-6-12-4-2-3-5-14(12)10-13;/h2-7,10-11H,8-9H2,1H3,(H2,16,17,18);1H/t11-;/m1./s1. The summed E-state index contributed by atoms with van der Waals surface area (Å²) in [7, 11) is 0. The van der Waals surface area contributed by atoms with Crippen molar-refractivity contribution in [1.82, 2.24) is 10.6 Å². The molecule has 0 fully saturated rings. The summed E-state index contributed by atoms with van der Waals surface area (Å²) < 4.78 is 0. The maximum atomic E-state index is 4.36. The molecule has 1 heterocycles. The van der Waals surface area contributed by atoms with Crippen molar-refractivity contribution < 1.29 is 0 Å². The van der Waals surface area contributed by atoms with E-state index in [0.717, 1.165) is 19.0 Å². The topological polar surface area (TPSA) is 36.4 Å². The Balaban J connectivity index is 0.00000133. The highest BCUT2D eigenvalue weighted by atomic mass is 127. The summed E-state index contributed by atoms with van der Waals surface area (Å²) in [5, 5.41) is 9.20. The predicted octanol–water partition coefficient (Wildman–Crippen LogP) is 3.07. The molecule has 3 rings (SSSR count). The predicted molar refractivity (Wildman–Crippen MR) is 91.2 cm³/mol. The molecule has 0 aromatic heterocycles. The van der Waals surface area contributed by atoms with Gasteiger partial charge in [0.25, 0.3) is 0 Å². The minimum atomic E-state index is 0. The molecule has 0 spiro atoms. The minimum absolute atomic E-state index is 0. The zero-order valence-electron chi connectivity index (χ0n) is 10.9. The van der Waals surface area contributed by atoms with Gasteiger partial charge in [0.1, 0.15) is 0 Å². The van der Waals surface area contributed by atoms with Gasteiger partial charge in [0.15, 0.2) is 5.96 Å². The van der Waals surface area contributed by atoms with E-state index < -0.39 is 0 Å². The lowest BCUT2D eigenvalue weighted by molar-refractivity contribution is 0.703. The van der Waals surface area contributed by atoms with Crippen LogP contribution in [0, 0.1) is 0 Å². The molecule has 19 heavy (non-hydrogen) atoms. The first-order valence-corrected chi connectivity index (χ1v) is 6.36. The summed E-state index contributed by atoms with van der Waals surface area (Å²) >= 11 is 0. The highest BCUT2D eigenvalue weighted by Gasteiger charge is 2.10. The van der Waals surface area contributed by atoms with Crippen molar-refractivity contribution in [3.05, 3.63) is 48.0 Å². The molecule has 1 atom stereocenters. The first-order valence-electron chi connectivity index (χ1n) is 6.36. The largest absolute Gasteiger partial charge is 0.355 e. The van der Waals surface area contributed by atoms with Crippen LogP contribution in [0.5, 0.6) is 0 Å². The number of halogens is 1. The number of benzene rings is 2. The Kier molecular flexibility index (Phi) is 4.63. The van der Waals surface area contributed by atoms with E-state index in [-0.39, 0.29) is 30.0 Å². The van der Waals surface area contributed by atoms with E-state index >= 15 is 0 Å². The van der Waals surface area contributed by atoms with E-state index in [1.54, 1.807) is 0 Å². The van der Waals surface area contributed by atoms with E-state index in [4.69, 9.17) is 0 Å². The summed E-state index contributed by atoms with van der Waals surface area (Å²) in [5.74, 6) is 0.913. The zero-order chi connectivity index (χ0) is 12.4. The first kappa shape index (κ1) is 14.1. The van der Waals surface area contributed by atoms with E-state index in [1.165, 1.54) is 16.3 Å². The van der Waals surface area contributed by atoms with Gasteiger partial charge in [-0.1, -0.05) is 36.4 Å². The number of rotatable bonds is 2. The van der Waals surface area contributed by atoms with Crippen molar-refractivity contribution in [2.24, 2.45) is 4.99 Å². The molecule has 2 aromatic carbocycles. The summed E-state index contributed by atoms with van der Waals surface area (Å²) in [6.07, 6.45) is 0. The third-order valence-electron chi connectivity index (χ3n) is 3.30. The molecule has 3 nitrogen and oxygen atoms in total. The van der Waals surface area contributed by atoms with Crippen LogP contribution in [0.4, 0.5) is 0 Å². The molecule has 2 aromatic rings. The van der Waals surface area contributed by atoms with Gasteiger partial charge in [-0.25, -0.2) is 0 Å². The smallest absolute Gasteiger partial charge is 0.191 e. The molecule has 1 aliphatic rings. The lowest BCUT2D eigenvalue weighted by Gasteiger charge is -2.16. The number of nitrogens with zero attached hydrogens (tertiary/aromatic N) is 1. The third kappa shape index (κ3) is 3.18. The van der Waals surface area contributed by atoms with E-state index in [2.05, 4.69) is 65.0 Å². The Bertz CT molecular complexity index is 595. The maximum Gasteiger partial charge on any atom is 0.191 e. The Morgan fingerprint density at radius 1 is 1.16 bits per heavy atom. The number of aliphatic imine (C=N–C) groups is 1. The van der Waals surface area contributed by atoms with Crippen molar-refractivity contribution in [2.75, 3.05) is 13.1 Å². The molecule has 0 saturated heterocycles. The summed E-state index contributed by atoms with van der Waals surface area (Å²) in [6, 6.07) is 15.3. The molecule has 0 radical (unpaired) electrons. The van der Waals surface area contributed by atoms with Crippen LogP contribution in [0.25, 0.3) is 10.8 Å². The summed E-state index contributed by atoms with van der Waals surface area (Å²) in [5.41, 5.74) is 1.28. The Morgan fingerprint density at radius 3 is 2.68 bits per heavy atom. The Hall–Kier alpha value is -1.30. The zero-order valence-corrected chi connectivity index (χ0v) is 13.2. The van der Waals surface area contributed by atoms with Crippen LogP contribution >= 0.6 is 24.0 Å². The molecular formula is C15H18IN3. The van der Waals surface area contributed by atoms with Gasteiger partial charge in [-0.2, -0.15) is 0 Å². The fourth-order valence-electron chi connectivity index (χ4n) is 2.26. The quantitative estimate of drug-likeness (QED) is 0.801. The van der Waals surface area contributed by atoms with E-state index in [9.17, 15) is 0 Å². The van der Waals surface area contributed by atoms with Gasteiger partial charge < -0.3 is 10.6 Å². The lowest BCUT2D eigenvalue weighted by atomic mass is 10.0. The Labute approximate surface area is 130 Å². The van der Waals surface area contributed by atoms with Crippen LogP contribution in [0.3, 0.4) is 0 Å². The van der Waals surface area contributed by atoms with Gasteiger partial charge in [0.2, 0.25) is 0 Å². The number of hydrogen-bond donors (Lipinski definition) is 2. The van der Waals surface area contributed by atoms with Crippen molar-refractivity contribution in [2.45, 2.75) is 13.0 Å². The normalized spacial score (nSPS) is 15.3. The number of guanidine groups is 1. The number of hydrogen-bond acceptors (Lipinski definition) is 3. The number of nitrogens with one attached hydrogen (secondary N) is 2. The number of fused-ring (bicyclic) bond motifs is 1. The van der Waals surface area contributed by atoms with Crippen LogP contribution in [-0.2, 0) is 0 Å². The minimum Gasteiger partial charge on any atom is -0.355 e. The van der Waals surface area contributed by atoms with Crippen molar-refractivity contribution in [3.63, 3.8) is 0 Å². The third-order valence-corrected chi connectivity index (χ3v) is 3.30. The van der Waals surface area contributed by atoms with Gasteiger partial charge in [-0.05, 0) is 29.3 Å². The van der Waals surface area contributed by atoms with Gasteiger partial charge in [-0.15, -0.1) is 24.0 Å². The fourth-order valence-corrected chi connectivity index (χ4v) is 2.26. The molecular weight excluding hydrogens is 349 g/mol. The van der Waals surface area contributed by atoms with Crippen LogP contribution in [0.15, 0.2) is 47.5 Å². The van der Waals surface area contributed by atoms with Crippen molar-refractivity contribution >= 4 is 40.7 Å². The fraction of sp³-hybridized carbons (Fsp3) is 0.267. The molecule has 0 saturated carbocycles. The van der Waals surface area contributed by atoms with Crippen molar-refractivity contribution in [1.29, 1.82) is 0 Å². The van der Waals surface area contributed by atoms with Gasteiger partial charge in [0.05, 0.1) is 12.6 Å². The Morgan fingerprint density at radius 2 is 1.95 bits per heavy atom. The van der Waals surface area contributed by atoms with E-state index in [1.807, 2.05) is 0 Å². The van der Waals surface area contributed by atoms with Gasteiger partial charge >= 0.3 is 0 Å². The molecule has 0 aliphatic carbocycles. The SMILES string of the molecule is C[C@@H](NC1=NCCN1)c1ccc2ccccc2c1.I. The first-order chi connectivity index (χ1) is 8.83. The monoisotopic (exact) mass is 367 g/mol. The molecule has 1 aliphatic heterocycles. The van der Waals surface area contributed by atoms with Gasteiger partial charge in [0, 0.05) is 6.54 Å². The van der Waals surface area contributed by atoms with Crippen LogP contribution in [0.2, 0.25) is 0 Å². The van der Waals surface area contributed by atoms with Crippen LogP contribution in [0.1, 0.15) is 18.5 Å². The summed E-state index contributed by atoms with van der Waals surface area (Å²) in [4.78, 5) is 4.36. The van der Waals surface area contributed by atoms with Crippen LogP contribution in [-0.4, -0.2) is 19.0 Å². The summed E-state index contributed by atoms with van der Waals surface area (Å²) in [6.45, 7) is 3.96. The lowest BCUT2D eigenvalue weighted by Crippen LogP contribution is -2.35. The van der Waals surface area contributed by atoms with E-state index in [0.29, 0.717) is 0 Å². The van der Waals surface area contributed by atoms with Crippen molar-refractivity contribution in [3.8, 4) is 0 Å². The average molecular weight is 367 g/mol. The second-order valence-corrected chi connectivity index (χ2v) is 4.63. The second kappa shape index (κ2) is 6.23. The van der Waals surface area contributed by atoms with Crippen LogP contribution < -0.4 is 10.6 Å². The highest BCUT2D eigenvalue weighted by molar-refractivity contribution is 14.0. The van der Waals surface area contributed by atoms with Gasteiger partial charge in [-0.3, -0.25) is 4.99 Å². The molecule has 2 N–H and O–H groups in total. The average Bonchev–Trinajstić information content (AvgIpc) is 2.91. The molecule has 0 bridgehead atoms. The molecule has 0 unspecified atom stereocenters. The second-order valence-electron chi connectivity index (χ2n) is 4.63. The molecule has 4 heteroatoms. The maximum absolute atomic E-state index is 4.36.